The highest BCUT2D eigenvalue weighted by molar-refractivity contribution is 6.12. The minimum absolute atomic E-state index is 0.163. The molecule has 0 unspecified atom stereocenters. The van der Waals surface area contributed by atoms with Gasteiger partial charge in [0.1, 0.15) is 0 Å². The van der Waals surface area contributed by atoms with E-state index in [1.54, 1.807) is 0 Å². The van der Waals surface area contributed by atoms with Gasteiger partial charge in [0.25, 0.3) is 0 Å². The summed E-state index contributed by atoms with van der Waals surface area (Å²) in [6, 6.07) is 89.3. The highest BCUT2D eigenvalue weighted by Gasteiger charge is 2.41. The largest absolute Gasteiger partial charge is 0.310 e. The lowest BCUT2D eigenvalue weighted by molar-refractivity contribution is 0.490. The first-order valence-corrected chi connectivity index (χ1v) is 23.7. The van der Waals surface area contributed by atoms with Gasteiger partial charge in [-0.05, 0) is 152 Å². The van der Waals surface area contributed by atoms with Gasteiger partial charge in [-0.25, -0.2) is 0 Å². The van der Waals surface area contributed by atoms with Crippen LogP contribution in [0.15, 0.2) is 243 Å². The molecular formula is C65H50N2. The molecule has 10 aromatic carbocycles. The van der Waals surface area contributed by atoms with Crippen LogP contribution in [-0.4, -0.2) is 4.57 Å². The van der Waals surface area contributed by atoms with Crippen molar-refractivity contribution in [2.75, 3.05) is 4.90 Å². The van der Waals surface area contributed by atoms with Crippen molar-refractivity contribution in [3.63, 3.8) is 0 Å². The Hall–Kier alpha value is -8.20. The molecule has 320 valence electrons. The minimum Gasteiger partial charge on any atom is -0.310 e. The zero-order valence-electron chi connectivity index (χ0n) is 37.9. The van der Waals surface area contributed by atoms with E-state index in [-0.39, 0.29) is 5.41 Å². The van der Waals surface area contributed by atoms with Crippen molar-refractivity contribution >= 4 is 38.9 Å². The smallest absolute Gasteiger partial charge is 0.0541 e. The lowest BCUT2D eigenvalue weighted by atomic mass is 9.73. The van der Waals surface area contributed by atoms with E-state index in [0.29, 0.717) is 0 Å². The van der Waals surface area contributed by atoms with Crippen LogP contribution in [0.25, 0.3) is 83.1 Å². The van der Waals surface area contributed by atoms with Crippen molar-refractivity contribution in [1.29, 1.82) is 0 Å². The monoisotopic (exact) mass is 858 g/mol. The van der Waals surface area contributed by atoms with Gasteiger partial charge in [-0.3, -0.25) is 0 Å². The third-order valence-electron chi connectivity index (χ3n) is 14.5. The molecule has 67 heavy (non-hydrogen) atoms. The Morgan fingerprint density at radius 3 is 1.28 bits per heavy atom. The highest BCUT2D eigenvalue weighted by atomic mass is 15.1. The fraction of sp³-hybridized carbons (Fsp3) is 0.0769. The molecule has 0 spiro atoms. The number of nitrogens with zero attached hydrogens (tertiary/aromatic N) is 2. The summed E-state index contributed by atoms with van der Waals surface area (Å²) in [5.74, 6) is 0. The number of hydrogen-bond donors (Lipinski definition) is 0. The molecule has 0 atom stereocenters. The molecule has 0 amide bonds. The van der Waals surface area contributed by atoms with E-state index < -0.39 is 0 Å². The van der Waals surface area contributed by atoms with Crippen LogP contribution in [0.3, 0.4) is 0 Å². The molecule has 0 saturated carbocycles. The van der Waals surface area contributed by atoms with Crippen molar-refractivity contribution in [2.45, 2.75) is 32.1 Å². The van der Waals surface area contributed by atoms with Crippen LogP contribution >= 0.6 is 0 Å². The molecule has 0 saturated heterocycles. The molecule has 0 bridgehead atoms. The minimum atomic E-state index is -0.163. The second kappa shape index (κ2) is 16.7. The average Bonchev–Trinajstić information content (AvgIpc) is 3.88. The van der Waals surface area contributed by atoms with E-state index in [0.717, 1.165) is 29.9 Å². The van der Waals surface area contributed by atoms with Crippen LogP contribution in [0.5, 0.6) is 0 Å². The van der Waals surface area contributed by atoms with Crippen molar-refractivity contribution in [3.8, 4) is 61.3 Å². The van der Waals surface area contributed by atoms with Gasteiger partial charge in [-0.2, -0.15) is 0 Å². The summed E-state index contributed by atoms with van der Waals surface area (Å²) in [4.78, 5) is 2.42. The van der Waals surface area contributed by atoms with Crippen molar-refractivity contribution in [2.24, 2.45) is 0 Å². The Balaban J connectivity index is 0.970. The molecule has 2 heteroatoms. The molecule has 11 aromatic rings. The first kappa shape index (κ1) is 40.3. The van der Waals surface area contributed by atoms with Crippen LogP contribution in [0.4, 0.5) is 17.1 Å². The third kappa shape index (κ3) is 6.79. The maximum absolute atomic E-state index is 2.51. The molecule has 1 aliphatic carbocycles. The van der Waals surface area contributed by atoms with Crippen molar-refractivity contribution in [1.82, 2.24) is 4.57 Å². The molecule has 0 fully saturated rings. The predicted molar refractivity (Wildman–Crippen MR) is 284 cm³/mol. The summed E-state index contributed by atoms with van der Waals surface area (Å²) in [6.45, 7) is 4.75. The van der Waals surface area contributed by atoms with Crippen molar-refractivity contribution in [3.05, 3.63) is 254 Å². The highest BCUT2D eigenvalue weighted by Crippen LogP contribution is 2.55. The number of anilines is 3. The molecule has 2 nitrogen and oxygen atoms in total. The second-order valence-corrected chi connectivity index (χ2v) is 17.9. The summed E-state index contributed by atoms with van der Waals surface area (Å²) in [6.07, 6.45) is 1.98. The molecule has 1 heterocycles. The normalized spacial score (nSPS) is 12.6. The SMILES string of the molecule is CCC1(CC)c2cc(N(c3ccccc3)c3ccc(-c4ccccc4-c4ccccc4)cc3)ccc2-c2ccc(-n3c4ccc(-c5ccccc5)cc4c4cc(-c5ccccc5)ccc43)cc21. The lowest BCUT2D eigenvalue weighted by Crippen LogP contribution is -2.23. The quantitative estimate of drug-likeness (QED) is 0.133. The molecule has 0 radical (unpaired) electrons. The Labute approximate surface area is 393 Å². The average molecular weight is 859 g/mol. The van der Waals surface area contributed by atoms with Gasteiger partial charge in [0.2, 0.25) is 0 Å². The fourth-order valence-electron chi connectivity index (χ4n) is 11.1. The van der Waals surface area contributed by atoms with Gasteiger partial charge in [-0.1, -0.05) is 184 Å². The van der Waals surface area contributed by atoms with Gasteiger partial charge in [0.05, 0.1) is 11.0 Å². The number of fused-ring (bicyclic) bond motifs is 6. The zero-order chi connectivity index (χ0) is 44.9. The molecule has 0 aliphatic heterocycles. The third-order valence-corrected chi connectivity index (χ3v) is 14.5. The second-order valence-electron chi connectivity index (χ2n) is 17.9. The first-order valence-electron chi connectivity index (χ1n) is 23.7. The Kier molecular flexibility index (Phi) is 10.0. The fourth-order valence-corrected chi connectivity index (χ4v) is 11.1. The molecular weight excluding hydrogens is 809 g/mol. The van der Waals surface area contributed by atoms with Crippen LogP contribution in [0.1, 0.15) is 37.8 Å². The topological polar surface area (TPSA) is 8.17 Å². The number of hydrogen-bond acceptors (Lipinski definition) is 1. The Bertz CT molecular complexity index is 3470. The van der Waals surface area contributed by atoms with Crippen LogP contribution in [-0.2, 0) is 5.41 Å². The standard InChI is InChI=1S/C65H50N2/c1-3-65(4-2)61-43-53(66(51-25-15-8-16-26-51)52-33-29-48(30-34-52)56-28-18-17-27-55(56)47-23-13-7-14-24-47)35-37-57(61)58-38-36-54(44-62(58)65)67-63-39-31-49(45-19-9-5-10-20-45)41-59(63)60-42-50(32-40-64(60)67)46-21-11-6-12-22-46/h5-44H,3-4H2,1-2H3. The van der Waals surface area contributed by atoms with Crippen LogP contribution < -0.4 is 4.90 Å². The van der Waals surface area contributed by atoms with Gasteiger partial charge in [-0.15, -0.1) is 0 Å². The van der Waals surface area contributed by atoms with E-state index >= 15 is 0 Å². The van der Waals surface area contributed by atoms with Gasteiger partial charge >= 0.3 is 0 Å². The molecule has 12 rings (SSSR count). The number of benzene rings is 10. The van der Waals surface area contributed by atoms with Crippen LogP contribution in [0, 0.1) is 0 Å². The Morgan fingerprint density at radius 1 is 0.328 bits per heavy atom. The molecule has 1 aliphatic rings. The number of para-hydroxylation sites is 1. The molecule has 0 N–H and O–H groups in total. The first-order chi connectivity index (χ1) is 33.1. The maximum Gasteiger partial charge on any atom is 0.0541 e. The summed E-state index contributed by atoms with van der Waals surface area (Å²) in [5, 5.41) is 2.52. The van der Waals surface area contributed by atoms with E-state index in [2.05, 4.69) is 266 Å². The van der Waals surface area contributed by atoms with Gasteiger partial charge < -0.3 is 9.47 Å². The number of aromatic nitrogens is 1. The van der Waals surface area contributed by atoms with E-state index in [4.69, 9.17) is 0 Å². The summed E-state index contributed by atoms with van der Waals surface area (Å²) >= 11 is 0. The number of rotatable bonds is 10. The summed E-state index contributed by atoms with van der Waals surface area (Å²) in [7, 11) is 0. The van der Waals surface area contributed by atoms with E-state index in [9.17, 15) is 0 Å². The summed E-state index contributed by atoms with van der Waals surface area (Å²) in [5.41, 5.74) is 22.1. The lowest BCUT2D eigenvalue weighted by Gasteiger charge is -2.32. The predicted octanol–water partition coefficient (Wildman–Crippen LogP) is 18.0. The van der Waals surface area contributed by atoms with E-state index in [1.165, 1.54) is 94.3 Å². The maximum atomic E-state index is 2.51. The molecule has 1 aromatic heterocycles. The van der Waals surface area contributed by atoms with E-state index in [1.807, 2.05) is 0 Å². The Morgan fingerprint density at radius 2 is 0.746 bits per heavy atom. The van der Waals surface area contributed by atoms with Gasteiger partial charge in [0, 0.05) is 38.9 Å². The summed E-state index contributed by atoms with van der Waals surface area (Å²) < 4.78 is 2.50. The van der Waals surface area contributed by atoms with Crippen LogP contribution in [0.2, 0.25) is 0 Å². The van der Waals surface area contributed by atoms with Gasteiger partial charge in [0.15, 0.2) is 0 Å². The van der Waals surface area contributed by atoms with Crippen molar-refractivity contribution < 1.29 is 0 Å². The zero-order valence-corrected chi connectivity index (χ0v) is 37.9.